The van der Waals surface area contributed by atoms with Crippen molar-refractivity contribution in [3.8, 4) is 11.5 Å². The monoisotopic (exact) mass is 476 g/mol. The highest BCUT2D eigenvalue weighted by molar-refractivity contribution is 7.91. The molecule has 3 aromatic rings. The molecule has 0 saturated heterocycles. The molecule has 0 spiro atoms. The summed E-state index contributed by atoms with van der Waals surface area (Å²) >= 11 is 0.794. The predicted molar refractivity (Wildman–Crippen MR) is 122 cm³/mol. The maximum Gasteiger partial charge on any atom is 0.269 e. The van der Waals surface area contributed by atoms with Gasteiger partial charge in [0.2, 0.25) is 9.47 Å². The van der Waals surface area contributed by atoms with Crippen LogP contribution in [0.1, 0.15) is 27.9 Å². The maximum atomic E-state index is 12.5. The lowest BCUT2D eigenvalue weighted by atomic mass is 10.1. The van der Waals surface area contributed by atoms with Crippen molar-refractivity contribution in [2.24, 2.45) is 0 Å². The summed E-state index contributed by atoms with van der Waals surface area (Å²) < 4.78 is 37.8. The highest BCUT2D eigenvalue weighted by atomic mass is 32.2. The summed E-state index contributed by atoms with van der Waals surface area (Å²) in [6.45, 7) is 2.14. The molecule has 0 unspecified atom stereocenters. The number of methoxy groups -OCH3 is 2. The standard InChI is InChI=1S/C21H24N4O5S2/c1-14-6-9-16(10-7-14)19(26)23-20-24-25-21(31-20)32(27,28)22-12-4-5-15-8-11-17(29-2)18(13-15)30-3/h6-11,13,22H,4-5,12H2,1-3H3,(H,23,24,26). The summed E-state index contributed by atoms with van der Waals surface area (Å²) in [5.41, 5.74) is 2.48. The molecule has 11 heteroatoms. The number of carbonyl (C=O) groups is 1. The number of benzene rings is 2. The van der Waals surface area contributed by atoms with Gasteiger partial charge >= 0.3 is 0 Å². The minimum atomic E-state index is -3.82. The minimum absolute atomic E-state index is 0.112. The van der Waals surface area contributed by atoms with Crippen LogP contribution in [0.5, 0.6) is 11.5 Å². The zero-order chi connectivity index (χ0) is 23.1. The third kappa shape index (κ3) is 6.02. The first-order chi connectivity index (χ1) is 15.3. The van der Waals surface area contributed by atoms with Crippen LogP contribution in [0, 0.1) is 6.92 Å². The van der Waals surface area contributed by atoms with Crippen LogP contribution in [0.15, 0.2) is 46.8 Å². The number of carbonyl (C=O) groups excluding carboxylic acids is 1. The number of amides is 1. The Balaban J connectivity index is 1.53. The van der Waals surface area contributed by atoms with Gasteiger partial charge in [-0.1, -0.05) is 35.1 Å². The molecule has 0 aliphatic carbocycles. The fourth-order valence-corrected chi connectivity index (χ4v) is 4.85. The molecule has 170 valence electrons. The molecule has 0 fully saturated rings. The third-order valence-electron chi connectivity index (χ3n) is 4.55. The van der Waals surface area contributed by atoms with Gasteiger partial charge in [0.25, 0.3) is 15.9 Å². The molecule has 9 nitrogen and oxygen atoms in total. The molecular formula is C21H24N4O5S2. The number of rotatable bonds is 10. The van der Waals surface area contributed by atoms with E-state index in [0.717, 1.165) is 22.5 Å². The molecule has 1 aromatic heterocycles. The van der Waals surface area contributed by atoms with Gasteiger partial charge < -0.3 is 9.47 Å². The summed E-state index contributed by atoms with van der Waals surface area (Å²) in [6, 6.07) is 12.6. The van der Waals surface area contributed by atoms with E-state index >= 15 is 0 Å². The largest absolute Gasteiger partial charge is 0.493 e. The Kier molecular flexibility index (Phi) is 7.78. The number of anilines is 1. The van der Waals surface area contributed by atoms with Gasteiger partial charge in [0.1, 0.15) is 0 Å². The average Bonchev–Trinajstić information content (AvgIpc) is 3.26. The third-order valence-corrected chi connectivity index (χ3v) is 7.22. The van der Waals surface area contributed by atoms with Crippen LogP contribution >= 0.6 is 11.3 Å². The van der Waals surface area contributed by atoms with Crippen molar-refractivity contribution in [3.05, 3.63) is 59.2 Å². The Morgan fingerprint density at radius 1 is 1.03 bits per heavy atom. The zero-order valence-corrected chi connectivity index (χ0v) is 19.5. The fraction of sp³-hybridized carbons (Fsp3) is 0.286. The predicted octanol–water partition coefficient (Wildman–Crippen LogP) is 3.03. The molecule has 0 saturated carbocycles. The Morgan fingerprint density at radius 2 is 1.75 bits per heavy atom. The van der Waals surface area contributed by atoms with Gasteiger partial charge in [-0.2, -0.15) is 0 Å². The number of nitrogens with zero attached hydrogens (tertiary/aromatic N) is 2. The Bertz CT molecular complexity index is 1180. The van der Waals surface area contributed by atoms with Gasteiger partial charge in [0.15, 0.2) is 11.5 Å². The van der Waals surface area contributed by atoms with E-state index in [1.165, 1.54) is 0 Å². The molecule has 0 bridgehead atoms. The molecule has 0 radical (unpaired) electrons. The molecule has 1 heterocycles. The van der Waals surface area contributed by atoms with Crippen molar-refractivity contribution in [1.29, 1.82) is 0 Å². The number of ether oxygens (including phenoxy) is 2. The number of sulfonamides is 1. The second kappa shape index (κ2) is 10.5. The normalized spacial score (nSPS) is 11.2. The molecule has 0 aliphatic heterocycles. The van der Waals surface area contributed by atoms with Crippen LogP contribution in [0.25, 0.3) is 0 Å². The maximum absolute atomic E-state index is 12.5. The highest BCUT2D eigenvalue weighted by Crippen LogP contribution is 2.28. The zero-order valence-electron chi connectivity index (χ0n) is 17.9. The summed E-state index contributed by atoms with van der Waals surface area (Å²) in [6.07, 6.45) is 1.22. The molecule has 0 aliphatic rings. The number of hydrogen-bond acceptors (Lipinski definition) is 8. The van der Waals surface area contributed by atoms with E-state index in [0.29, 0.717) is 29.9 Å². The van der Waals surface area contributed by atoms with Crippen LogP contribution in [-0.4, -0.2) is 45.3 Å². The Hall–Kier alpha value is -3.02. The summed E-state index contributed by atoms with van der Waals surface area (Å²) in [5.74, 6) is 0.881. The van der Waals surface area contributed by atoms with Crippen molar-refractivity contribution >= 4 is 32.4 Å². The van der Waals surface area contributed by atoms with Crippen molar-refractivity contribution in [3.63, 3.8) is 0 Å². The van der Waals surface area contributed by atoms with Crippen LogP contribution in [0.4, 0.5) is 5.13 Å². The lowest BCUT2D eigenvalue weighted by molar-refractivity contribution is 0.102. The first-order valence-electron chi connectivity index (χ1n) is 9.74. The second-order valence-corrected chi connectivity index (χ2v) is 9.80. The van der Waals surface area contributed by atoms with E-state index in [2.05, 4.69) is 20.2 Å². The number of aryl methyl sites for hydroxylation is 2. The second-order valence-electron chi connectivity index (χ2n) is 6.88. The van der Waals surface area contributed by atoms with Gasteiger partial charge in [-0.25, -0.2) is 13.1 Å². The van der Waals surface area contributed by atoms with E-state index in [9.17, 15) is 13.2 Å². The number of nitrogens with one attached hydrogen (secondary N) is 2. The number of hydrogen-bond donors (Lipinski definition) is 2. The van der Waals surface area contributed by atoms with E-state index in [-0.39, 0.29) is 21.9 Å². The SMILES string of the molecule is COc1ccc(CCCNS(=O)(=O)c2nnc(NC(=O)c3ccc(C)cc3)s2)cc1OC. The Labute approximate surface area is 190 Å². The van der Waals surface area contributed by atoms with Crippen LogP contribution in [0.3, 0.4) is 0 Å². The van der Waals surface area contributed by atoms with Crippen LogP contribution < -0.4 is 19.5 Å². The molecule has 1 amide bonds. The first kappa shape index (κ1) is 23.6. The van der Waals surface area contributed by atoms with E-state index in [4.69, 9.17) is 9.47 Å². The van der Waals surface area contributed by atoms with Crippen molar-refractivity contribution < 1.29 is 22.7 Å². The lowest BCUT2D eigenvalue weighted by Gasteiger charge is -2.09. The molecule has 2 aromatic carbocycles. The summed E-state index contributed by atoms with van der Waals surface area (Å²) in [5, 5.41) is 10.2. The van der Waals surface area contributed by atoms with Gasteiger partial charge in [0, 0.05) is 12.1 Å². The van der Waals surface area contributed by atoms with Crippen molar-refractivity contribution in [2.75, 3.05) is 26.1 Å². The van der Waals surface area contributed by atoms with Gasteiger partial charge in [-0.3, -0.25) is 10.1 Å². The number of aromatic nitrogens is 2. The van der Waals surface area contributed by atoms with Crippen molar-refractivity contribution in [1.82, 2.24) is 14.9 Å². The van der Waals surface area contributed by atoms with E-state index in [1.807, 2.05) is 37.3 Å². The van der Waals surface area contributed by atoms with Gasteiger partial charge in [0.05, 0.1) is 14.2 Å². The molecular weight excluding hydrogens is 452 g/mol. The van der Waals surface area contributed by atoms with E-state index in [1.54, 1.807) is 26.4 Å². The molecule has 2 N–H and O–H groups in total. The van der Waals surface area contributed by atoms with Gasteiger partial charge in [-0.15, -0.1) is 10.2 Å². The van der Waals surface area contributed by atoms with Crippen LogP contribution in [0.2, 0.25) is 0 Å². The quantitative estimate of drug-likeness (QED) is 0.341. The smallest absolute Gasteiger partial charge is 0.269 e. The Morgan fingerprint density at radius 3 is 2.44 bits per heavy atom. The summed E-state index contributed by atoms with van der Waals surface area (Å²) in [7, 11) is -0.691. The average molecular weight is 477 g/mol. The molecule has 0 atom stereocenters. The van der Waals surface area contributed by atoms with Crippen molar-refractivity contribution in [2.45, 2.75) is 24.1 Å². The molecule has 3 rings (SSSR count). The topological polar surface area (TPSA) is 120 Å². The van der Waals surface area contributed by atoms with Crippen LogP contribution in [-0.2, 0) is 16.4 Å². The van der Waals surface area contributed by atoms with Gasteiger partial charge in [-0.05, 0) is 49.6 Å². The first-order valence-corrected chi connectivity index (χ1v) is 12.0. The highest BCUT2D eigenvalue weighted by Gasteiger charge is 2.20. The lowest BCUT2D eigenvalue weighted by Crippen LogP contribution is -2.25. The minimum Gasteiger partial charge on any atom is -0.493 e. The fourth-order valence-electron chi connectivity index (χ4n) is 2.84. The van der Waals surface area contributed by atoms with E-state index < -0.39 is 10.0 Å². The molecule has 32 heavy (non-hydrogen) atoms. The summed E-state index contributed by atoms with van der Waals surface area (Å²) in [4.78, 5) is 12.3.